The molecule has 1 N–H and O–H groups in total. The van der Waals surface area contributed by atoms with Gasteiger partial charge < -0.3 is 10.0 Å². The molecule has 0 fully saturated rings. The Labute approximate surface area is 85.9 Å². The third-order valence-corrected chi connectivity index (χ3v) is 1.92. The summed E-state index contributed by atoms with van der Waals surface area (Å²) >= 11 is 0. The number of benzene rings is 1. The fourth-order valence-corrected chi connectivity index (χ4v) is 1.12. The van der Waals surface area contributed by atoms with Gasteiger partial charge in [0.1, 0.15) is 5.75 Å². The maximum Gasteiger partial charge on any atom is 0.315 e. The number of alkyl halides is 2. The van der Waals surface area contributed by atoms with Crippen molar-refractivity contribution in [2.45, 2.75) is 13.0 Å². The van der Waals surface area contributed by atoms with Gasteiger partial charge in [0.15, 0.2) is 0 Å². The van der Waals surface area contributed by atoms with Crippen molar-refractivity contribution in [2.75, 3.05) is 7.05 Å². The van der Waals surface area contributed by atoms with Crippen molar-refractivity contribution in [3.63, 3.8) is 0 Å². The summed E-state index contributed by atoms with van der Waals surface area (Å²) in [5.41, 5.74) is 0.685. The van der Waals surface area contributed by atoms with Crippen molar-refractivity contribution in [3.8, 4) is 5.75 Å². The molecule has 0 unspecified atom stereocenters. The van der Waals surface area contributed by atoms with Crippen LogP contribution in [0.15, 0.2) is 24.3 Å². The van der Waals surface area contributed by atoms with E-state index < -0.39 is 12.3 Å². The third kappa shape index (κ3) is 3.19. The lowest BCUT2D eigenvalue weighted by molar-refractivity contribution is -0.141. The minimum absolute atomic E-state index is 0.0987. The highest BCUT2D eigenvalue weighted by molar-refractivity contribution is 5.78. The summed E-state index contributed by atoms with van der Waals surface area (Å²) in [4.78, 5) is 11.8. The van der Waals surface area contributed by atoms with E-state index in [1.165, 1.54) is 19.2 Å². The van der Waals surface area contributed by atoms with E-state index in [0.29, 0.717) is 5.56 Å². The molecule has 82 valence electrons. The molecule has 0 aromatic heterocycles. The first-order valence-corrected chi connectivity index (χ1v) is 4.31. The van der Waals surface area contributed by atoms with Crippen molar-refractivity contribution < 1.29 is 18.7 Å². The van der Waals surface area contributed by atoms with Gasteiger partial charge in [0.05, 0.1) is 0 Å². The van der Waals surface area contributed by atoms with Gasteiger partial charge in [-0.25, -0.2) is 0 Å². The first kappa shape index (κ1) is 11.4. The Morgan fingerprint density at radius 2 is 1.93 bits per heavy atom. The number of phenolic OH excluding ortho intramolecular Hbond substituents is 1. The zero-order valence-corrected chi connectivity index (χ0v) is 8.15. The number of amides is 1. The number of carbonyl (C=O) groups excluding carboxylic acids is 1. The Hall–Kier alpha value is -1.65. The Kier molecular flexibility index (Phi) is 3.60. The number of hydrogen-bond acceptors (Lipinski definition) is 2. The Morgan fingerprint density at radius 3 is 2.40 bits per heavy atom. The lowest BCUT2D eigenvalue weighted by Gasteiger charge is -2.16. The van der Waals surface area contributed by atoms with E-state index in [0.717, 1.165) is 4.90 Å². The Bertz CT molecular complexity index is 338. The van der Waals surface area contributed by atoms with Crippen LogP contribution in [-0.4, -0.2) is 29.4 Å². The van der Waals surface area contributed by atoms with E-state index in [1.807, 2.05) is 0 Å². The maximum atomic E-state index is 12.0. The molecule has 0 radical (unpaired) electrons. The minimum Gasteiger partial charge on any atom is -0.508 e. The summed E-state index contributed by atoms with van der Waals surface area (Å²) in [6, 6.07) is 6.03. The highest BCUT2D eigenvalue weighted by Crippen LogP contribution is 2.11. The fourth-order valence-electron chi connectivity index (χ4n) is 1.12. The molecule has 0 atom stereocenters. The molecule has 5 heteroatoms. The Morgan fingerprint density at radius 1 is 1.40 bits per heavy atom. The van der Waals surface area contributed by atoms with Crippen LogP contribution in [0.25, 0.3) is 0 Å². The Balaban J connectivity index is 2.62. The molecule has 0 saturated heterocycles. The van der Waals surface area contributed by atoms with Crippen LogP contribution in [0.3, 0.4) is 0 Å². The molecule has 0 aliphatic heterocycles. The number of phenols is 1. The normalized spacial score (nSPS) is 10.4. The van der Waals surface area contributed by atoms with Gasteiger partial charge in [-0.1, -0.05) is 12.1 Å². The van der Waals surface area contributed by atoms with E-state index in [9.17, 15) is 13.6 Å². The molecule has 3 nitrogen and oxygen atoms in total. The fraction of sp³-hybridized carbons (Fsp3) is 0.300. The van der Waals surface area contributed by atoms with Crippen LogP contribution >= 0.6 is 0 Å². The van der Waals surface area contributed by atoms with E-state index in [2.05, 4.69) is 0 Å². The van der Waals surface area contributed by atoms with Crippen molar-refractivity contribution >= 4 is 5.91 Å². The molecule has 1 aromatic rings. The maximum absolute atomic E-state index is 12.0. The molecule has 0 heterocycles. The van der Waals surface area contributed by atoms with Crippen LogP contribution < -0.4 is 0 Å². The summed E-state index contributed by atoms with van der Waals surface area (Å²) in [5.74, 6) is -1.11. The van der Waals surface area contributed by atoms with Gasteiger partial charge in [-0.05, 0) is 17.7 Å². The molecule has 1 aromatic carbocycles. The molecule has 15 heavy (non-hydrogen) atoms. The van der Waals surface area contributed by atoms with Gasteiger partial charge in [0.2, 0.25) is 0 Å². The molecular weight excluding hydrogens is 204 g/mol. The van der Waals surface area contributed by atoms with Crippen molar-refractivity contribution in [1.82, 2.24) is 4.90 Å². The quantitative estimate of drug-likeness (QED) is 0.832. The number of aromatic hydroxyl groups is 1. The highest BCUT2D eigenvalue weighted by Gasteiger charge is 2.19. The van der Waals surface area contributed by atoms with Gasteiger partial charge in [-0.15, -0.1) is 0 Å². The summed E-state index contributed by atoms with van der Waals surface area (Å²) in [5, 5.41) is 8.99. The third-order valence-electron chi connectivity index (χ3n) is 1.92. The van der Waals surface area contributed by atoms with Crippen LogP contribution in [0.2, 0.25) is 0 Å². The van der Waals surface area contributed by atoms with Crippen LogP contribution in [0.4, 0.5) is 8.78 Å². The average molecular weight is 215 g/mol. The van der Waals surface area contributed by atoms with Crippen LogP contribution in [0.5, 0.6) is 5.75 Å². The number of halogens is 2. The second-order valence-corrected chi connectivity index (χ2v) is 3.16. The zero-order valence-electron chi connectivity index (χ0n) is 8.15. The lowest BCUT2D eigenvalue weighted by Crippen LogP contribution is -2.31. The summed E-state index contributed by atoms with van der Waals surface area (Å²) < 4.78 is 24.0. The number of hydrogen-bond donors (Lipinski definition) is 1. The van der Waals surface area contributed by atoms with Crippen LogP contribution in [0.1, 0.15) is 5.56 Å². The molecule has 1 rings (SSSR count). The standard InChI is InChI=1S/C10H11F2NO2/c1-13(10(15)9(11)12)6-7-2-4-8(14)5-3-7/h2-5,9,14H,6H2,1H3. The van der Waals surface area contributed by atoms with Crippen LogP contribution in [0, 0.1) is 0 Å². The predicted octanol–water partition coefficient (Wildman–Crippen LogP) is 1.62. The van der Waals surface area contributed by atoms with E-state index >= 15 is 0 Å². The summed E-state index contributed by atoms with van der Waals surface area (Å²) in [6.07, 6.45) is -2.98. The van der Waals surface area contributed by atoms with Gasteiger partial charge >= 0.3 is 6.43 Å². The van der Waals surface area contributed by atoms with Gasteiger partial charge in [-0.2, -0.15) is 8.78 Å². The minimum atomic E-state index is -2.98. The smallest absolute Gasteiger partial charge is 0.315 e. The topological polar surface area (TPSA) is 40.5 Å². The van der Waals surface area contributed by atoms with E-state index in [4.69, 9.17) is 5.11 Å². The molecule has 1 amide bonds. The zero-order chi connectivity index (χ0) is 11.4. The van der Waals surface area contributed by atoms with Crippen LogP contribution in [-0.2, 0) is 11.3 Å². The highest BCUT2D eigenvalue weighted by atomic mass is 19.3. The first-order chi connectivity index (χ1) is 7.00. The summed E-state index contributed by atoms with van der Waals surface area (Å²) in [6.45, 7) is 0.101. The van der Waals surface area contributed by atoms with Crippen molar-refractivity contribution in [3.05, 3.63) is 29.8 Å². The predicted molar refractivity (Wildman–Crippen MR) is 50.6 cm³/mol. The molecule has 0 spiro atoms. The van der Waals surface area contributed by atoms with Gasteiger partial charge in [-0.3, -0.25) is 4.79 Å². The van der Waals surface area contributed by atoms with Gasteiger partial charge in [0, 0.05) is 13.6 Å². The average Bonchev–Trinajstić information content (AvgIpc) is 2.20. The van der Waals surface area contributed by atoms with Crippen molar-refractivity contribution in [2.24, 2.45) is 0 Å². The molecular formula is C10H11F2NO2. The van der Waals surface area contributed by atoms with Crippen molar-refractivity contribution in [1.29, 1.82) is 0 Å². The van der Waals surface area contributed by atoms with Gasteiger partial charge in [0.25, 0.3) is 5.91 Å². The second-order valence-electron chi connectivity index (χ2n) is 3.16. The van der Waals surface area contributed by atoms with E-state index in [1.54, 1.807) is 12.1 Å². The number of nitrogens with zero attached hydrogens (tertiary/aromatic N) is 1. The number of carbonyl (C=O) groups is 1. The first-order valence-electron chi connectivity index (χ1n) is 4.31. The molecule has 0 saturated carbocycles. The number of rotatable bonds is 3. The molecule has 0 aliphatic carbocycles. The van der Waals surface area contributed by atoms with E-state index in [-0.39, 0.29) is 12.3 Å². The molecule has 0 aliphatic rings. The lowest BCUT2D eigenvalue weighted by atomic mass is 10.2. The second kappa shape index (κ2) is 4.72. The monoisotopic (exact) mass is 215 g/mol. The molecule has 0 bridgehead atoms. The SMILES string of the molecule is CN(Cc1ccc(O)cc1)C(=O)C(F)F. The summed E-state index contributed by atoms with van der Waals surface area (Å²) in [7, 11) is 1.31. The largest absolute Gasteiger partial charge is 0.508 e.